The summed E-state index contributed by atoms with van der Waals surface area (Å²) in [5.74, 6) is -0.169. The van der Waals surface area contributed by atoms with Crippen molar-refractivity contribution < 1.29 is 4.79 Å². The second kappa shape index (κ2) is 6.09. The van der Waals surface area contributed by atoms with Crippen LogP contribution < -0.4 is 11.1 Å². The van der Waals surface area contributed by atoms with Crippen molar-refractivity contribution in [3.8, 4) is 0 Å². The molecular formula is C11H14Cl2N2O. The molecule has 1 rings (SSSR count). The number of amides is 1. The molecular weight excluding hydrogens is 247 g/mol. The fourth-order valence-electron chi connectivity index (χ4n) is 1.40. The molecule has 0 spiro atoms. The number of carbonyl (C=O) groups is 1. The Kier molecular flexibility index (Phi) is 5.06. The average Bonchev–Trinajstić information content (AvgIpc) is 2.22. The van der Waals surface area contributed by atoms with Crippen LogP contribution in [0.5, 0.6) is 0 Å². The molecule has 5 heteroatoms. The van der Waals surface area contributed by atoms with E-state index in [1.807, 2.05) is 13.0 Å². The number of nitrogens with one attached hydrogen (secondary N) is 1. The summed E-state index contributed by atoms with van der Waals surface area (Å²) in [6.45, 7) is 1.90. The zero-order valence-corrected chi connectivity index (χ0v) is 10.5. The Bertz CT molecular complexity index is 382. The predicted molar refractivity (Wildman–Crippen MR) is 66.8 cm³/mol. The minimum atomic E-state index is -0.169. The molecule has 1 amide bonds. The van der Waals surface area contributed by atoms with Crippen LogP contribution in [-0.4, -0.2) is 18.5 Å². The molecule has 0 heterocycles. The van der Waals surface area contributed by atoms with Gasteiger partial charge in [0.25, 0.3) is 0 Å². The number of hydrogen-bond acceptors (Lipinski definition) is 2. The van der Waals surface area contributed by atoms with Crippen molar-refractivity contribution in [1.82, 2.24) is 5.32 Å². The SMILES string of the molecule is CC(Cc1ccc(Cl)cc1Cl)NC(=O)CN. The lowest BCUT2D eigenvalue weighted by Crippen LogP contribution is -2.38. The molecule has 0 saturated heterocycles. The van der Waals surface area contributed by atoms with Gasteiger partial charge in [0, 0.05) is 16.1 Å². The Balaban J connectivity index is 2.62. The zero-order valence-electron chi connectivity index (χ0n) is 8.97. The normalized spacial score (nSPS) is 12.2. The topological polar surface area (TPSA) is 55.1 Å². The summed E-state index contributed by atoms with van der Waals surface area (Å²) in [6, 6.07) is 5.32. The minimum absolute atomic E-state index is 0.00130. The lowest BCUT2D eigenvalue weighted by molar-refractivity contribution is -0.120. The van der Waals surface area contributed by atoms with E-state index in [9.17, 15) is 4.79 Å². The molecule has 88 valence electrons. The van der Waals surface area contributed by atoms with Crippen molar-refractivity contribution >= 4 is 29.1 Å². The Morgan fingerprint density at radius 2 is 2.19 bits per heavy atom. The highest BCUT2D eigenvalue weighted by molar-refractivity contribution is 6.35. The largest absolute Gasteiger partial charge is 0.352 e. The van der Waals surface area contributed by atoms with E-state index in [1.165, 1.54) is 0 Å². The first-order chi connectivity index (χ1) is 7.52. The molecule has 3 N–H and O–H groups in total. The van der Waals surface area contributed by atoms with E-state index in [0.717, 1.165) is 5.56 Å². The monoisotopic (exact) mass is 260 g/mol. The summed E-state index contributed by atoms with van der Waals surface area (Å²) in [4.78, 5) is 11.1. The molecule has 0 aliphatic rings. The number of hydrogen-bond donors (Lipinski definition) is 2. The van der Waals surface area contributed by atoms with Gasteiger partial charge in [-0.3, -0.25) is 4.79 Å². The van der Waals surface area contributed by atoms with Gasteiger partial charge in [-0.15, -0.1) is 0 Å². The number of carbonyl (C=O) groups excluding carboxylic acids is 1. The Morgan fingerprint density at radius 1 is 1.50 bits per heavy atom. The third kappa shape index (κ3) is 4.00. The summed E-state index contributed by atoms with van der Waals surface area (Å²) < 4.78 is 0. The summed E-state index contributed by atoms with van der Waals surface area (Å²) in [5.41, 5.74) is 6.16. The number of benzene rings is 1. The van der Waals surface area contributed by atoms with Crippen molar-refractivity contribution in [2.24, 2.45) is 5.73 Å². The summed E-state index contributed by atoms with van der Waals surface area (Å²) in [5, 5.41) is 3.98. The number of nitrogens with two attached hydrogens (primary N) is 1. The van der Waals surface area contributed by atoms with Gasteiger partial charge in [-0.1, -0.05) is 29.3 Å². The first-order valence-electron chi connectivity index (χ1n) is 4.96. The van der Waals surface area contributed by atoms with Crippen LogP contribution >= 0.6 is 23.2 Å². The lowest BCUT2D eigenvalue weighted by atomic mass is 10.1. The Labute approximate surface area is 105 Å². The van der Waals surface area contributed by atoms with Crippen molar-refractivity contribution in [2.45, 2.75) is 19.4 Å². The smallest absolute Gasteiger partial charge is 0.233 e. The van der Waals surface area contributed by atoms with Crippen LogP contribution in [0.25, 0.3) is 0 Å². The third-order valence-corrected chi connectivity index (χ3v) is 2.72. The lowest BCUT2D eigenvalue weighted by Gasteiger charge is -2.14. The van der Waals surface area contributed by atoms with Crippen LogP contribution in [0.3, 0.4) is 0 Å². The van der Waals surface area contributed by atoms with Gasteiger partial charge in [0.15, 0.2) is 0 Å². The van der Waals surface area contributed by atoms with E-state index in [1.54, 1.807) is 12.1 Å². The molecule has 0 fully saturated rings. The van der Waals surface area contributed by atoms with E-state index in [0.29, 0.717) is 16.5 Å². The maximum absolute atomic E-state index is 11.1. The average molecular weight is 261 g/mol. The molecule has 1 atom stereocenters. The molecule has 0 aliphatic carbocycles. The molecule has 1 aromatic rings. The standard InChI is InChI=1S/C11H14Cl2N2O/c1-7(15-11(16)6-14)4-8-2-3-9(12)5-10(8)13/h2-3,5,7H,4,6,14H2,1H3,(H,15,16). The van der Waals surface area contributed by atoms with Gasteiger partial charge >= 0.3 is 0 Å². The third-order valence-electron chi connectivity index (χ3n) is 2.13. The second-order valence-corrected chi connectivity index (χ2v) is 4.46. The summed E-state index contributed by atoms with van der Waals surface area (Å²) in [6.07, 6.45) is 0.655. The van der Waals surface area contributed by atoms with Crippen molar-refractivity contribution in [3.05, 3.63) is 33.8 Å². The van der Waals surface area contributed by atoms with Crippen LogP contribution in [0, 0.1) is 0 Å². The molecule has 0 saturated carbocycles. The van der Waals surface area contributed by atoms with E-state index in [2.05, 4.69) is 5.32 Å². The van der Waals surface area contributed by atoms with Gasteiger partial charge in [-0.25, -0.2) is 0 Å². The van der Waals surface area contributed by atoms with Gasteiger partial charge in [0.2, 0.25) is 5.91 Å². The van der Waals surface area contributed by atoms with Crippen LogP contribution in [-0.2, 0) is 11.2 Å². The van der Waals surface area contributed by atoms with Gasteiger partial charge in [0.1, 0.15) is 0 Å². The Hall–Kier alpha value is -0.770. The molecule has 0 aliphatic heterocycles. The second-order valence-electron chi connectivity index (χ2n) is 3.61. The minimum Gasteiger partial charge on any atom is -0.352 e. The number of halogens is 2. The van der Waals surface area contributed by atoms with E-state index >= 15 is 0 Å². The van der Waals surface area contributed by atoms with E-state index in [4.69, 9.17) is 28.9 Å². The van der Waals surface area contributed by atoms with Gasteiger partial charge in [-0.05, 0) is 31.0 Å². The van der Waals surface area contributed by atoms with Crippen molar-refractivity contribution in [3.63, 3.8) is 0 Å². The fraction of sp³-hybridized carbons (Fsp3) is 0.364. The first kappa shape index (κ1) is 13.3. The Morgan fingerprint density at radius 3 is 2.75 bits per heavy atom. The molecule has 0 bridgehead atoms. The predicted octanol–water partition coefficient (Wildman–Crippen LogP) is 2.00. The molecule has 0 aromatic heterocycles. The summed E-state index contributed by atoms with van der Waals surface area (Å²) >= 11 is 11.8. The van der Waals surface area contributed by atoms with E-state index < -0.39 is 0 Å². The van der Waals surface area contributed by atoms with Crippen molar-refractivity contribution in [2.75, 3.05) is 6.54 Å². The van der Waals surface area contributed by atoms with Crippen molar-refractivity contribution in [1.29, 1.82) is 0 Å². The van der Waals surface area contributed by atoms with Gasteiger partial charge in [0.05, 0.1) is 6.54 Å². The fourth-order valence-corrected chi connectivity index (χ4v) is 1.89. The van der Waals surface area contributed by atoms with Crippen LogP contribution in [0.15, 0.2) is 18.2 Å². The molecule has 1 unspecified atom stereocenters. The highest BCUT2D eigenvalue weighted by Gasteiger charge is 2.09. The molecule has 16 heavy (non-hydrogen) atoms. The zero-order chi connectivity index (χ0) is 12.1. The molecule has 3 nitrogen and oxygen atoms in total. The van der Waals surface area contributed by atoms with E-state index in [-0.39, 0.29) is 18.5 Å². The van der Waals surface area contributed by atoms with Crippen LogP contribution in [0.1, 0.15) is 12.5 Å². The quantitative estimate of drug-likeness (QED) is 0.870. The molecule has 0 radical (unpaired) electrons. The maximum atomic E-state index is 11.1. The van der Waals surface area contributed by atoms with Gasteiger partial charge < -0.3 is 11.1 Å². The van der Waals surface area contributed by atoms with Gasteiger partial charge in [-0.2, -0.15) is 0 Å². The molecule has 1 aromatic carbocycles. The first-order valence-corrected chi connectivity index (χ1v) is 5.72. The maximum Gasteiger partial charge on any atom is 0.233 e. The van der Waals surface area contributed by atoms with Crippen LogP contribution in [0.2, 0.25) is 10.0 Å². The summed E-state index contributed by atoms with van der Waals surface area (Å²) in [7, 11) is 0. The van der Waals surface area contributed by atoms with Crippen LogP contribution in [0.4, 0.5) is 0 Å². The highest BCUT2D eigenvalue weighted by atomic mass is 35.5. The highest BCUT2D eigenvalue weighted by Crippen LogP contribution is 2.21. The number of rotatable bonds is 4.